The standard InChI is InChI=1S/C19H40N4/c1-9-20(10-2)18(21(11-3)12-4)17-19(22(13-5)14-6)23(15-7)16-8/h9-16H2,1-8H3. The lowest BCUT2D eigenvalue weighted by molar-refractivity contribution is 0.219. The summed E-state index contributed by atoms with van der Waals surface area (Å²) in [6.07, 6.45) is 0. The van der Waals surface area contributed by atoms with Crippen LogP contribution in [0, 0.1) is 0 Å². The molecular weight excluding hydrogens is 284 g/mol. The molecule has 136 valence electrons. The summed E-state index contributed by atoms with van der Waals surface area (Å²) < 4.78 is 0. The number of nitrogens with zero attached hydrogens (tertiary/aromatic N) is 4. The molecule has 0 aliphatic rings. The number of hydrogen-bond acceptors (Lipinski definition) is 4. The number of hydrogen-bond donors (Lipinski definition) is 0. The Morgan fingerprint density at radius 2 is 0.609 bits per heavy atom. The smallest absolute Gasteiger partial charge is 0.153 e. The van der Waals surface area contributed by atoms with Gasteiger partial charge in [-0.15, -0.1) is 0 Å². The van der Waals surface area contributed by atoms with Crippen LogP contribution in [-0.4, -0.2) is 72.0 Å². The fourth-order valence-corrected chi connectivity index (χ4v) is 2.91. The maximum absolute atomic E-state index is 3.80. The molecule has 0 aromatic rings. The molecule has 0 atom stereocenters. The Hall–Kier alpha value is -1.28. The molecule has 0 saturated heterocycles. The lowest BCUT2D eigenvalue weighted by Crippen LogP contribution is -2.38. The first kappa shape index (κ1) is 21.7. The average Bonchev–Trinajstić information content (AvgIpc) is 2.58. The third-order valence-electron chi connectivity index (χ3n) is 4.48. The monoisotopic (exact) mass is 324 g/mol. The first-order chi connectivity index (χ1) is 11.1. The van der Waals surface area contributed by atoms with Gasteiger partial charge in [0.1, 0.15) is 0 Å². The summed E-state index contributed by atoms with van der Waals surface area (Å²) in [7, 11) is 0. The molecule has 0 bridgehead atoms. The van der Waals surface area contributed by atoms with Gasteiger partial charge in [-0.1, -0.05) is 0 Å². The van der Waals surface area contributed by atoms with Crippen molar-refractivity contribution in [2.24, 2.45) is 0 Å². The lowest BCUT2D eigenvalue weighted by Gasteiger charge is -2.35. The maximum Gasteiger partial charge on any atom is 0.153 e. The van der Waals surface area contributed by atoms with E-state index in [-0.39, 0.29) is 0 Å². The van der Waals surface area contributed by atoms with Crippen LogP contribution in [0.3, 0.4) is 0 Å². The van der Waals surface area contributed by atoms with Crippen molar-refractivity contribution in [1.82, 2.24) is 19.6 Å². The van der Waals surface area contributed by atoms with Gasteiger partial charge < -0.3 is 19.6 Å². The van der Waals surface area contributed by atoms with Crippen molar-refractivity contribution >= 4 is 0 Å². The van der Waals surface area contributed by atoms with Crippen molar-refractivity contribution < 1.29 is 0 Å². The second kappa shape index (κ2) is 12.2. The normalized spacial score (nSPS) is 10.1. The molecule has 4 heteroatoms. The maximum atomic E-state index is 3.80. The van der Waals surface area contributed by atoms with Gasteiger partial charge in [-0.2, -0.15) is 0 Å². The van der Waals surface area contributed by atoms with Gasteiger partial charge in [-0.25, -0.2) is 0 Å². The zero-order valence-electron chi connectivity index (χ0n) is 16.9. The van der Waals surface area contributed by atoms with E-state index in [9.17, 15) is 0 Å². The van der Waals surface area contributed by atoms with Crippen LogP contribution in [0.25, 0.3) is 0 Å². The SMILES string of the molecule is CCN(CC)C(=C=C(N(CC)CC)N(CC)CC)N(CC)CC. The van der Waals surface area contributed by atoms with Crippen molar-refractivity contribution in [2.45, 2.75) is 55.4 Å². The van der Waals surface area contributed by atoms with Gasteiger partial charge in [0.05, 0.1) is 0 Å². The fourth-order valence-electron chi connectivity index (χ4n) is 2.91. The molecule has 0 aromatic heterocycles. The van der Waals surface area contributed by atoms with Crippen LogP contribution in [-0.2, 0) is 0 Å². The quantitative estimate of drug-likeness (QED) is 0.508. The summed E-state index contributed by atoms with van der Waals surface area (Å²) in [5.41, 5.74) is 3.80. The zero-order chi connectivity index (χ0) is 17.8. The van der Waals surface area contributed by atoms with E-state index in [0.29, 0.717) is 0 Å². The third kappa shape index (κ3) is 6.02. The minimum Gasteiger partial charge on any atom is -0.352 e. The van der Waals surface area contributed by atoms with E-state index < -0.39 is 0 Å². The van der Waals surface area contributed by atoms with Crippen LogP contribution in [0.1, 0.15) is 55.4 Å². The van der Waals surface area contributed by atoms with Gasteiger partial charge in [0.2, 0.25) is 0 Å². The highest BCUT2D eigenvalue weighted by atomic mass is 15.3. The van der Waals surface area contributed by atoms with Gasteiger partial charge in [0.15, 0.2) is 11.6 Å². The Morgan fingerprint density at radius 3 is 0.739 bits per heavy atom. The van der Waals surface area contributed by atoms with Crippen LogP contribution in [0.4, 0.5) is 0 Å². The summed E-state index contributed by atoms with van der Waals surface area (Å²) >= 11 is 0. The first-order valence-electron chi connectivity index (χ1n) is 9.58. The number of rotatable bonds is 12. The molecule has 0 amide bonds. The molecule has 0 unspecified atom stereocenters. The van der Waals surface area contributed by atoms with E-state index in [1.807, 2.05) is 0 Å². The van der Waals surface area contributed by atoms with E-state index >= 15 is 0 Å². The molecule has 4 nitrogen and oxygen atoms in total. The van der Waals surface area contributed by atoms with Crippen molar-refractivity contribution in [1.29, 1.82) is 0 Å². The van der Waals surface area contributed by atoms with Gasteiger partial charge in [0.25, 0.3) is 0 Å². The Bertz CT molecular complexity index is 296. The summed E-state index contributed by atoms with van der Waals surface area (Å²) in [5, 5.41) is 0. The van der Waals surface area contributed by atoms with Crippen LogP contribution in [0.15, 0.2) is 17.4 Å². The second-order valence-electron chi connectivity index (χ2n) is 5.46. The molecule has 0 aliphatic carbocycles. The van der Waals surface area contributed by atoms with E-state index in [4.69, 9.17) is 0 Å². The topological polar surface area (TPSA) is 13.0 Å². The van der Waals surface area contributed by atoms with Crippen molar-refractivity contribution in [2.75, 3.05) is 52.4 Å². The predicted molar refractivity (Wildman–Crippen MR) is 102 cm³/mol. The van der Waals surface area contributed by atoms with Gasteiger partial charge in [-0.3, -0.25) is 0 Å². The van der Waals surface area contributed by atoms with Crippen molar-refractivity contribution in [3.05, 3.63) is 17.4 Å². The van der Waals surface area contributed by atoms with Gasteiger partial charge in [0, 0.05) is 52.4 Å². The largest absolute Gasteiger partial charge is 0.352 e. The Kier molecular flexibility index (Phi) is 11.5. The molecule has 0 fully saturated rings. The van der Waals surface area contributed by atoms with Gasteiger partial charge in [-0.05, 0) is 61.1 Å². The van der Waals surface area contributed by atoms with Crippen LogP contribution in [0.2, 0.25) is 0 Å². The molecule has 0 aromatic carbocycles. The van der Waals surface area contributed by atoms with Crippen LogP contribution >= 0.6 is 0 Å². The van der Waals surface area contributed by atoms with Gasteiger partial charge >= 0.3 is 0 Å². The van der Waals surface area contributed by atoms with E-state index in [1.54, 1.807) is 0 Å². The lowest BCUT2D eigenvalue weighted by atomic mass is 10.3. The molecule has 0 saturated carbocycles. The predicted octanol–water partition coefficient (Wildman–Crippen LogP) is 3.64. The average molecular weight is 325 g/mol. The first-order valence-corrected chi connectivity index (χ1v) is 9.58. The zero-order valence-corrected chi connectivity index (χ0v) is 16.9. The van der Waals surface area contributed by atoms with Crippen LogP contribution < -0.4 is 0 Å². The molecular formula is C19H40N4. The Morgan fingerprint density at radius 1 is 0.435 bits per heavy atom. The highest BCUT2D eigenvalue weighted by molar-refractivity contribution is 5.08. The molecule has 0 radical (unpaired) electrons. The molecule has 0 N–H and O–H groups in total. The molecule has 0 spiro atoms. The second-order valence-corrected chi connectivity index (χ2v) is 5.46. The molecule has 23 heavy (non-hydrogen) atoms. The summed E-state index contributed by atoms with van der Waals surface area (Å²) in [4.78, 5) is 9.67. The molecule has 0 rings (SSSR count). The highest BCUT2D eigenvalue weighted by Gasteiger charge is 2.16. The van der Waals surface area contributed by atoms with Crippen molar-refractivity contribution in [3.8, 4) is 0 Å². The molecule has 0 heterocycles. The highest BCUT2D eigenvalue weighted by Crippen LogP contribution is 2.15. The van der Waals surface area contributed by atoms with E-state index in [2.05, 4.69) is 80.7 Å². The Balaban J connectivity index is 6.30. The minimum absolute atomic E-state index is 1.01. The summed E-state index contributed by atoms with van der Waals surface area (Å²) in [5.74, 6) is 2.46. The summed E-state index contributed by atoms with van der Waals surface area (Å²) in [6.45, 7) is 25.9. The minimum atomic E-state index is 1.01. The van der Waals surface area contributed by atoms with Crippen molar-refractivity contribution in [3.63, 3.8) is 0 Å². The van der Waals surface area contributed by atoms with E-state index in [1.165, 1.54) is 11.6 Å². The Labute approximate surface area is 145 Å². The molecule has 0 aliphatic heterocycles. The fraction of sp³-hybridized carbons (Fsp3) is 0.842. The van der Waals surface area contributed by atoms with Crippen LogP contribution in [0.5, 0.6) is 0 Å². The van der Waals surface area contributed by atoms with E-state index in [0.717, 1.165) is 52.4 Å². The third-order valence-corrected chi connectivity index (χ3v) is 4.48. The summed E-state index contributed by atoms with van der Waals surface area (Å²) in [6, 6.07) is 0.